The van der Waals surface area contributed by atoms with E-state index in [-0.39, 0.29) is 17.5 Å². The van der Waals surface area contributed by atoms with E-state index in [9.17, 15) is 9.18 Å². The van der Waals surface area contributed by atoms with Gasteiger partial charge in [0.25, 0.3) is 0 Å². The van der Waals surface area contributed by atoms with Crippen molar-refractivity contribution in [3.05, 3.63) is 70.0 Å². The van der Waals surface area contributed by atoms with E-state index in [0.29, 0.717) is 17.0 Å². The number of ketones is 1. The number of benzene rings is 2. The van der Waals surface area contributed by atoms with Crippen LogP contribution in [-0.2, 0) is 0 Å². The zero-order valence-corrected chi connectivity index (χ0v) is 10.2. The van der Waals surface area contributed by atoms with E-state index in [4.69, 9.17) is 11.6 Å². The highest BCUT2D eigenvalue weighted by Gasteiger charge is 2.30. The van der Waals surface area contributed by atoms with Gasteiger partial charge in [0.1, 0.15) is 5.82 Å². The van der Waals surface area contributed by atoms with Crippen LogP contribution in [0.15, 0.2) is 42.5 Å². The Morgan fingerprint density at radius 1 is 1.17 bits per heavy atom. The summed E-state index contributed by atoms with van der Waals surface area (Å²) in [7, 11) is 0. The predicted molar refractivity (Wildman–Crippen MR) is 68.6 cm³/mol. The summed E-state index contributed by atoms with van der Waals surface area (Å²) < 4.78 is 13.3. The van der Waals surface area contributed by atoms with Gasteiger partial charge in [-0.1, -0.05) is 23.7 Å². The van der Waals surface area contributed by atoms with E-state index in [1.807, 2.05) is 6.07 Å². The van der Waals surface area contributed by atoms with E-state index in [2.05, 4.69) is 0 Å². The van der Waals surface area contributed by atoms with Crippen molar-refractivity contribution in [2.75, 3.05) is 0 Å². The molecule has 1 nitrogen and oxygen atoms in total. The minimum Gasteiger partial charge on any atom is -0.294 e. The maximum Gasteiger partial charge on any atom is 0.164 e. The first-order chi connectivity index (χ1) is 8.65. The van der Waals surface area contributed by atoms with Gasteiger partial charge in [0.2, 0.25) is 0 Å². The Morgan fingerprint density at radius 3 is 2.78 bits per heavy atom. The molecule has 3 rings (SSSR count). The van der Waals surface area contributed by atoms with Crippen LogP contribution >= 0.6 is 11.6 Å². The van der Waals surface area contributed by atoms with E-state index < -0.39 is 0 Å². The van der Waals surface area contributed by atoms with Gasteiger partial charge in [-0.2, -0.15) is 0 Å². The first kappa shape index (κ1) is 11.4. The highest BCUT2D eigenvalue weighted by atomic mass is 35.5. The summed E-state index contributed by atoms with van der Waals surface area (Å²) >= 11 is 5.97. The molecule has 0 heterocycles. The number of carbonyl (C=O) groups excluding carboxylic acids is 1. The molecule has 2 aromatic rings. The lowest BCUT2D eigenvalue weighted by Crippen LogP contribution is -1.97. The molecule has 3 heteroatoms. The van der Waals surface area contributed by atoms with Crippen LogP contribution in [0.25, 0.3) is 0 Å². The third-order valence-corrected chi connectivity index (χ3v) is 3.57. The van der Waals surface area contributed by atoms with Crippen LogP contribution in [0, 0.1) is 5.82 Å². The summed E-state index contributed by atoms with van der Waals surface area (Å²) in [6.07, 6.45) is 0.388. The van der Waals surface area contributed by atoms with E-state index in [1.54, 1.807) is 24.3 Å². The molecule has 90 valence electrons. The Morgan fingerprint density at radius 2 is 2.00 bits per heavy atom. The van der Waals surface area contributed by atoms with Gasteiger partial charge in [-0.25, -0.2) is 4.39 Å². The topological polar surface area (TPSA) is 17.1 Å². The predicted octanol–water partition coefficient (Wildman–Crippen LogP) is 4.20. The summed E-state index contributed by atoms with van der Waals surface area (Å²) in [5.41, 5.74) is 2.43. The van der Waals surface area contributed by atoms with Gasteiger partial charge < -0.3 is 0 Å². The van der Waals surface area contributed by atoms with Crippen LogP contribution in [0.1, 0.15) is 33.8 Å². The van der Waals surface area contributed by atoms with Gasteiger partial charge in [-0.05, 0) is 41.5 Å². The normalized spacial score (nSPS) is 17.9. The van der Waals surface area contributed by atoms with Crippen molar-refractivity contribution in [1.29, 1.82) is 0 Å². The van der Waals surface area contributed by atoms with Crippen LogP contribution < -0.4 is 0 Å². The molecule has 0 spiro atoms. The molecular formula is C15H10ClFO. The minimum absolute atomic E-state index is 0.0816. The van der Waals surface area contributed by atoms with Crippen LogP contribution in [0.2, 0.25) is 5.02 Å². The molecule has 1 aliphatic rings. The summed E-state index contributed by atoms with van der Waals surface area (Å²) in [6.45, 7) is 0. The van der Waals surface area contributed by atoms with Crippen molar-refractivity contribution in [2.24, 2.45) is 0 Å². The number of hydrogen-bond acceptors (Lipinski definition) is 1. The van der Waals surface area contributed by atoms with Crippen LogP contribution in [0.4, 0.5) is 4.39 Å². The lowest BCUT2D eigenvalue weighted by atomic mass is 9.93. The fraction of sp³-hybridized carbons (Fsp3) is 0.133. The molecule has 0 radical (unpaired) electrons. The molecule has 0 aliphatic heterocycles. The van der Waals surface area contributed by atoms with Gasteiger partial charge in [0, 0.05) is 22.9 Å². The highest BCUT2D eigenvalue weighted by molar-refractivity contribution is 6.30. The number of rotatable bonds is 1. The van der Waals surface area contributed by atoms with Gasteiger partial charge in [-0.3, -0.25) is 4.79 Å². The molecule has 0 bridgehead atoms. The van der Waals surface area contributed by atoms with Gasteiger partial charge in [0.15, 0.2) is 5.78 Å². The Hall–Kier alpha value is -1.67. The SMILES string of the molecule is O=C1CC(c2cccc(F)c2)c2cc(Cl)ccc21. The van der Waals surface area contributed by atoms with Gasteiger partial charge in [-0.15, -0.1) is 0 Å². The van der Waals surface area contributed by atoms with Crippen molar-refractivity contribution >= 4 is 17.4 Å². The van der Waals surface area contributed by atoms with Crippen molar-refractivity contribution in [3.8, 4) is 0 Å². The molecule has 2 aromatic carbocycles. The van der Waals surface area contributed by atoms with Crippen molar-refractivity contribution in [3.63, 3.8) is 0 Å². The Kier molecular flexibility index (Phi) is 2.67. The van der Waals surface area contributed by atoms with Crippen molar-refractivity contribution in [1.82, 2.24) is 0 Å². The maximum atomic E-state index is 13.3. The molecule has 1 aliphatic carbocycles. The smallest absolute Gasteiger partial charge is 0.164 e. The summed E-state index contributed by atoms with van der Waals surface area (Å²) in [5, 5.41) is 0.602. The van der Waals surface area contributed by atoms with Gasteiger partial charge in [0.05, 0.1) is 0 Å². The molecule has 0 aromatic heterocycles. The third kappa shape index (κ3) is 1.83. The molecule has 18 heavy (non-hydrogen) atoms. The number of halogens is 2. The highest BCUT2D eigenvalue weighted by Crippen LogP contribution is 2.39. The molecule has 0 amide bonds. The second kappa shape index (κ2) is 4.21. The third-order valence-electron chi connectivity index (χ3n) is 3.33. The zero-order chi connectivity index (χ0) is 12.7. The Balaban J connectivity index is 2.12. The summed E-state index contributed by atoms with van der Waals surface area (Å²) in [4.78, 5) is 11.9. The summed E-state index contributed by atoms with van der Waals surface area (Å²) in [5.74, 6) is -0.270. The maximum absolute atomic E-state index is 13.3. The molecule has 1 atom stereocenters. The number of fused-ring (bicyclic) bond motifs is 1. The van der Waals surface area contributed by atoms with Crippen molar-refractivity contribution < 1.29 is 9.18 Å². The summed E-state index contributed by atoms with van der Waals surface area (Å²) in [6, 6.07) is 11.7. The van der Waals surface area contributed by atoms with Gasteiger partial charge >= 0.3 is 0 Å². The largest absolute Gasteiger partial charge is 0.294 e. The lowest BCUT2D eigenvalue weighted by molar-refractivity contribution is 0.0991. The first-order valence-electron chi connectivity index (χ1n) is 5.73. The molecule has 0 saturated heterocycles. The van der Waals surface area contributed by atoms with E-state index in [0.717, 1.165) is 11.1 Å². The standard InChI is InChI=1S/C15H10ClFO/c16-10-4-5-12-14(7-10)13(8-15(12)18)9-2-1-3-11(17)6-9/h1-7,13H,8H2. The van der Waals surface area contributed by atoms with E-state index >= 15 is 0 Å². The van der Waals surface area contributed by atoms with Crippen molar-refractivity contribution in [2.45, 2.75) is 12.3 Å². The molecular weight excluding hydrogens is 251 g/mol. The average Bonchev–Trinajstić information content (AvgIpc) is 2.66. The Labute approximate surface area is 109 Å². The fourth-order valence-corrected chi connectivity index (χ4v) is 2.68. The number of hydrogen-bond donors (Lipinski definition) is 0. The monoisotopic (exact) mass is 260 g/mol. The van der Waals surface area contributed by atoms with Crippen LogP contribution in [-0.4, -0.2) is 5.78 Å². The molecule has 0 saturated carbocycles. The average molecular weight is 261 g/mol. The Bertz CT molecular complexity index is 636. The fourth-order valence-electron chi connectivity index (χ4n) is 2.50. The first-order valence-corrected chi connectivity index (χ1v) is 6.11. The molecule has 0 N–H and O–H groups in total. The lowest BCUT2D eigenvalue weighted by Gasteiger charge is -2.11. The second-order valence-electron chi connectivity index (χ2n) is 4.47. The van der Waals surface area contributed by atoms with E-state index in [1.165, 1.54) is 12.1 Å². The van der Waals surface area contributed by atoms with Crippen LogP contribution in [0.3, 0.4) is 0 Å². The quantitative estimate of drug-likeness (QED) is 0.751. The number of carbonyl (C=O) groups is 1. The minimum atomic E-state index is -0.282. The molecule has 0 fully saturated rings. The zero-order valence-electron chi connectivity index (χ0n) is 9.49. The van der Waals surface area contributed by atoms with Crippen LogP contribution in [0.5, 0.6) is 0 Å². The molecule has 1 unspecified atom stereocenters. The number of Topliss-reactive ketones (excluding diaryl/α,β-unsaturated/α-hetero) is 1. The second-order valence-corrected chi connectivity index (χ2v) is 4.90.